The summed E-state index contributed by atoms with van der Waals surface area (Å²) in [5.41, 5.74) is 5.25. The van der Waals surface area contributed by atoms with E-state index in [4.69, 9.17) is 4.74 Å². The van der Waals surface area contributed by atoms with Gasteiger partial charge in [0.15, 0.2) is 0 Å². The van der Waals surface area contributed by atoms with Crippen molar-refractivity contribution in [3.63, 3.8) is 0 Å². The number of amides is 1. The van der Waals surface area contributed by atoms with Crippen LogP contribution >= 0.6 is 0 Å². The van der Waals surface area contributed by atoms with Gasteiger partial charge < -0.3 is 9.84 Å². The summed E-state index contributed by atoms with van der Waals surface area (Å²) >= 11 is 0. The van der Waals surface area contributed by atoms with Crippen LogP contribution in [0.1, 0.15) is 29.9 Å². The molecule has 7 heteroatoms. The molecule has 3 rings (SSSR count). The highest BCUT2D eigenvalue weighted by molar-refractivity contribution is 6.02. The van der Waals surface area contributed by atoms with Gasteiger partial charge in [0, 0.05) is 11.1 Å². The van der Waals surface area contributed by atoms with Crippen molar-refractivity contribution in [2.45, 2.75) is 13.8 Å². The van der Waals surface area contributed by atoms with Gasteiger partial charge in [-0.05, 0) is 44.2 Å². The van der Waals surface area contributed by atoms with Gasteiger partial charge in [-0.25, -0.2) is 5.43 Å². The summed E-state index contributed by atoms with van der Waals surface area (Å²) in [6, 6.07) is 15.9. The van der Waals surface area contributed by atoms with Crippen LogP contribution in [-0.2, 0) is 0 Å². The third-order valence-electron chi connectivity index (χ3n) is 3.88. The number of aromatic nitrogens is 2. The molecule has 0 aliphatic heterocycles. The zero-order valence-corrected chi connectivity index (χ0v) is 15.1. The largest absolute Gasteiger partial charge is 0.507 e. The standard InChI is InChI=1S/C20H20N4O3/c1-3-27-15-8-6-7-14(11-15)17-12-18(23-22-17)20(26)24-21-13(2)16-9-4-5-10-19(16)25/h4-12,25H,3H2,1-2H3,(H,22,23)(H,24,26)/b21-13-. The number of aromatic hydroxyl groups is 1. The minimum Gasteiger partial charge on any atom is -0.507 e. The molecule has 0 fully saturated rings. The van der Waals surface area contributed by atoms with Gasteiger partial charge in [-0.3, -0.25) is 9.89 Å². The minimum atomic E-state index is -0.426. The first kappa shape index (κ1) is 18.2. The molecule has 0 bridgehead atoms. The lowest BCUT2D eigenvalue weighted by Crippen LogP contribution is -2.19. The Morgan fingerprint density at radius 1 is 1.22 bits per heavy atom. The number of hydrazone groups is 1. The van der Waals surface area contributed by atoms with Crippen LogP contribution in [-0.4, -0.2) is 33.5 Å². The summed E-state index contributed by atoms with van der Waals surface area (Å²) in [4.78, 5) is 12.3. The van der Waals surface area contributed by atoms with E-state index in [1.54, 1.807) is 37.3 Å². The predicted molar refractivity (Wildman–Crippen MR) is 103 cm³/mol. The molecule has 7 nitrogen and oxygen atoms in total. The maximum absolute atomic E-state index is 12.3. The molecular formula is C20H20N4O3. The highest BCUT2D eigenvalue weighted by Gasteiger charge is 2.12. The second-order valence-corrected chi connectivity index (χ2v) is 5.78. The van der Waals surface area contributed by atoms with E-state index in [1.165, 1.54) is 0 Å². The van der Waals surface area contributed by atoms with Crippen LogP contribution in [0.2, 0.25) is 0 Å². The fourth-order valence-corrected chi connectivity index (χ4v) is 2.53. The molecule has 1 aromatic heterocycles. The van der Waals surface area contributed by atoms with Crippen LogP contribution in [0.15, 0.2) is 59.7 Å². The number of nitrogens with one attached hydrogen (secondary N) is 2. The van der Waals surface area contributed by atoms with Crippen molar-refractivity contribution in [1.82, 2.24) is 15.6 Å². The molecule has 0 aliphatic carbocycles. The van der Waals surface area contributed by atoms with Gasteiger partial charge in [0.25, 0.3) is 5.91 Å². The van der Waals surface area contributed by atoms with Crippen molar-refractivity contribution < 1.29 is 14.6 Å². The number of ether oxygens (including phenoxy) is 1. The van der Waals surface area contributed by atoms with Gasteiger partial charge in [-0.2, -0.15) is 10.2 Å². The molecule has 0 saturated carbocycles. The lowest BCUT2D eigenvalue weighted by Gasteiger charge is -2.04. The molecule has 1 amide bonds. The van der Waals surface area contributed by atoms with Gasteiger partial charge in [0.05, 0.1) is 18.0 Å². The topological polar surface area (TPSA) is 99.6 Å². The molecule has 0 unspecified atom stereocenters. The summed E-state index contributed by atoms with van der Waals surface area (Å²) in [6.45, 7) is 4.19. The predicted octanol–water partition coefficient (Wildman–Crippen LogP) is 3.34. The average Bonchev–Trinajstić information content (AvgIpc) is 3.17. The number of phenols is 1. The fraction of sp³-hybridized carbons (Fsp3) is 0.150. The quantitative estimate of drug-likeness (QED) is 0.461. The van der Waals surface area contributed by atoms with E-state index in [-0.39, 0.29) is 11.4 Å². The number of para-hydroxylation sites is 1. The molecule has 3 aromatic rings. The van der Waals surface area contributed by atoms with E-state index in [9.17, 15) is 9.90 Å². The summed E-state index contributed by atoms with van der Waals surface area (Å²) in [5.74, 6) is 0.419. The molecule has 0 atom stereocenters. The Morgan fingerprint density at radius 3 is 2.81 bits per heavy atom. The first-order valence-electron chi connectivity index (χ1n) is 8.50. The average molecular weight is 364 g/mol. The molecule has 138 valence electrons. The van der Waals surface area contributed by atoms with Crippen molar-refractivity contribution in [3.8, 4) is 22.8 Å². The normalized spacial score (nSPS) is 11.3. The number of phenolic OH excluding ortho intramolecular Hbond substituents is 1. The van der Waals surface area contributed by atoms with Crippen LogP contribution in [0.5, 0.6) is 11.5 Å². The van der Waals surface area contributed by atoms with Gasteiger partial charge in [-0.1, -0.05) is 24.3 Å². The number of H-pyrrole nitrogens is 1. The lowest BCUT2D eigenvalue weighted by atomic mass is 10.1. The summed E-state index contributed by atoms with van der Waals surface area (Å²) < 4.78 is 5.48. The molecular weight excluding hydrogens is 344 g/mol. The second kappa shape index (κ2) is 8.18. The molecule has 3 N–H and O–H groups in total. The SMILES string of the molecule is CCOc1cccc(-c2cc(C(=O)N/N=C(/C)c3ccccc3O)[nH]n2)c1. The Labute approximate surface area is 156 Å². The van der Waals surface area contributed by atoms with Crippen molar-refractivity contribution in [2.24, 2.45) is 5.10 Å². The fourth-order valence-electron chi connectivity index (χ4n) is 2.53. The van der Waals surface area contributed by atoms with Crippen LogP contribution < -0.4 is 10.2 Å². The van der Waals surface area contributed by atoms with Crippen LogP contribution in [0, 0.1) is 0 Å². The van der Waals surface area contributed by atoms with E-state index in [0.717, 1.165) is 11.3 Å². The third-order valence-corrected chi connectivity index (χ3v) is 3.88. The second-order valence-electron chi connectivity index (χ2n) is 5.78. The van der Waals surface area contributed by atoms with Gasteiger partial charge in [-0.15, -0.1) is 0 Å². The Balaban J connectivity index is 1.73. The number of benzene rings is 2. The maximum atomic E-state index is 12.3. The number of hydrogen-bond acceptors (Lipinski definition) is 5. The monoisotopic (exact) mass is 364 g/mol. The van der Waals surface area contributed by atoms with E-state index >= 15 is 0 Å². The molecule has 1 heterocycles. The maximum Gasteiger partial charge on any atom is 0.289 e. The minimum absolute atomic E-state index is 0.103. The number of carbonyl (C=O) groups excluding carboxylic acids is 1. The molecule has 27 heavy (non-hydrogen) atoms. The lowest BCUT2D eigenvalue weighted by molar-refractivity contribution is 0.0950. The van der Waals surface area contributed by atoms with Crippen LogP contribution in [0.25, 0.3) is 11.3 Å². The Hall–Kier alpha value is -3.61. The molecule has 0 saturated heterocycles. The van der Waals surface area contributed by atoms with Gasteiger partial charge in [0.1, 0.15) is 17.2 Å². The Kier molecular flexibility index (Phi) is 5.51. The smallest absolute Gasteiger partial charge is 0.289 e. The van der Waals surface area contributed by atoms with Crippen LogP contribution in [0.4, 0.5) is 0 Å². The molecule has 2 aromatic carbocycles. The van der Waals surface area contributed by atoms with Crippen molar-refractivity contribution >= 4 is 11.6 Å². The van der Waals surface area contributed by atoms with Crippen molar-refractivity contribution in [1.29, 1.82) is 0 Å². The van der Waals surface area contributed by atoms with Gasteiger partial charge in [0.2, 0.25) is 0 Å². The molecule has 0 aliphatic rings. The summed E-state index contributed by atoms with van der Waals surface area (Å²) in [5, 5.41) is 20.8. The number of hydrogen-bond donors (Lipinski definition) is 3. The Morgan fingerprint density at radius 2 is 2.04 bits per heavy atom. The van der Waals surface area contributed by atoms with Gasteiger partial charge >= 0.3 is 0 Å². The highest BCUT2D eigenvalue weighted by atomic mass is 16.5. The third kappa shape index (κ3) is 4.33. The summed E-state index contributed by atoms with van der Waals surface area (Å²) in [6.07, 6.45) is 0. The van der Waals surface area contributed by atoms with Crippen molar-refractivity contribution in [2.75, 3.05) is 6.61 Å². The number of rotatable bonds is 6. The van der Waals surface area contributed by atoms with E-state index in [2.05, 4.69) is 20.7 Å². The van der Waals surface area contributed by atoms with Crippen LogP contribution in [0.3, 0.4) is 0 Å². The number of aromatic amines is 1. The number of carbonyl (C=O) groups is 1. The van der Waals surface area contributed by atoms with Crippen molar-refractivity contribution in [3.05, 3.63) is 65.9 Å². The molecule has 0 radical (unpaired) electrons. The van der Waals surface area contributed by atoms with E-state index < -0.39 is 5.91 Å². The highest BCUT2D eigenvalue weighted by Crippen LogP contribution is 2.23. The molecule has 0 spiro atoms. The number of nitrogens with zero attached hydrogens (tertiary/aromatic N) is 2. The van der Waals surface area contributed by atoms with E-state index in [0.29, 0.717) is 23.6 Å². The first-order valence-corrected chi connectivity index (χ1v) is 8.50. The first-order chi connectivity index (χ1) is 13.1. The Bertz CT molecular complexity index is 979. The van der Waals surface area contributed by atoms with E-state index in [1.807, 2.05) is 31.2 Å². The summed E-state index contributed by atoms with van der Waals surface area (Å²) in [7, 11) is 0. The zero-order valence-electron chi connectivity index (χ0n) is 15.1. The zero-order chi connectivity index (χ0) is 19.2.